The van der Waals surface area contributed by atoms with Gasteiger partial charge in [0.15, 0.2) is 0 Å². The van der Waals surface area contributed by atoms with Crippen LogP contribution >= 0.6 is 0 Å². The molecule has 0 aromatic rings. The van der Waals surface area contributed by atoms with E-state index < -0.39 is 31.0 Å². The maximum absolute atomic E-state index is 10.1. The molecule has 4 atom stereocenters. The molecule has 0 aliphatic carbocycles. The van der Waals surface area contributed by atoms with Crippen molar-refractivity contribution in [3.8, 4) is 0 Å². The third-order valence-corrected chi connectivity index (χ3v) is 5.72. The summed E-state index contributed by atoms with van der Waals surface area (Å²) in [6, 6.07) is 0. The smallest absolute Gasteiger partial charge is 0.114 e. The summed E-state index contributed by atoms with van der Waals surface area (Å²) in [4.78, 5) is 0. The number of hydrogen-bond donors (Lipinski definition) is 3. The van der Waals surface area contributed by atoms with E-state index in [-0.39, 0.29) is 6.61 Å². The third kappa shape index (κ3) is 12.7. The first-order chi connectivity index (χ1) is 14.2. The lowest BCUT2D eigenvalue weighted by Crippen LogP contribution is -2.41. The van der Waals surface area contributed by atoms with Gasteiger partial charge in [0.2, 0.25) is 0 Å². The molecular weight excluding hydrogens is 368 g/mol. The van der Waals surface area contributed by atoms with Crippen LogP contribution < -0.4 is 0 Å². The van der Waals surface area contributed by atoms with Gasteiger partial charge in [0.05, 0.1) is 13.2 Å². The fourth-order valence-electron chi connectivity index (χ4n) is 3.79. The van der Waals surface area contributed by atoms with Gasteiger partial charge in [-0.2, -0.15) is 0 Å². The van der Waals surface area contributed by atoms with Crippen molar-refractivity contribution in [3.05, 3.63) is 12.2 Å². The van der Waals surface area contributed by atoms with Crippen molar-refractivity contribution in [2.24, 2.45) is 0 Å². The van der Waals surface area contributed by atoms with Crippen LogP contribution in [0.15, 0.2) is 12.2 Å². The van der Waals surface area contributed by atoms with Crippen molar-refractivity contribution in [2.75, 3.05) is 19.8 Å². The Kier molecular flexibility index (Phi) is 16.8. The molecule has 0 aromatic heterocycles. The molecule has 1 aliphatic rings. The van der Waals surface area contributed by atoms with E-state index in [1.54, 1.807) is 0 Å². The van der Waals surface area contributed by atoms with E-state index in [1.165, 1.54) is 64.2 Å². The summed E-state index contributed by atoms with van der Waals surface area (Å²) < 4.78 is 11.0. The Morgan fingerprint density at radius 2 is 1.45 bits per heavy atom. The number of unbranched alkanes of at least 4 members (excludes halogenated alkanes) is 12. The molecule has 1 saturated heterocycles. The van der Waals surface area contributed by atoms with E-state index in [0.717, 1.165) is 25.7 Å². The molecule has 1 fully saturated rings. The summed E-state index contributed by atoms with van der Waals surface area (Å²) in [6.45, 7) is 2.71. The summed E-state index contributed by atoms with van der Waals surface area (Å²) in [5.74, 6) is 0. The van der Waals surface area contributed by atoms with Crippen molar-refractivity contribution < 1.29 is 24.8 Å². The first-order valence-corrected chi connectivity index (χ1v) is 12.1. The molecule has 172 valence electrons. The van der Waals surface area contributed by atoms with Gasteiger partial charge in [-0.05, 0) is 32.1 Å². The summed E-state index contributed by atoms with van der Waals surface area (Å²) in [6.07, 6.45) is 19.6. The minimum absolute atomic E-state index is 0.268. The Labute approximate surface area is 178 Å². The molecule has 1 heterocycles. The number of hydrogen-bond acceptors (Lipinski definition) is 5. The van der Waals surface area contributed by atoms with E-state index in [9.17, 15) is 10.2 Å². The van der Waals surface area contributed by atoms with Gasteiger partial charge in [0.1, 0.15) is 24.4 Å². The highest BCUT2D eigenvalue weighted by molar-refractivity contribution is 4.88. The van der Waals surface area contributed by atoms with Crippen molar-refractivity contribution >= 4 is 0 Å². The van der Waals surface area contributed by atoms with Crippen LogP contribution in [0.5, 0.6) is 0 Å². The molecule has 0 saturated carbocycles. The SMILES string of the molecule is CCCCCCCCCCC/C=C/CCCCCO[C@H]1CO[C@@H]([C@H](O)CO)[C@H]1O. The van der Waals surface area contributed by atoms with Crippen LogP contribution in [0.1, 0.15) is 96.8 Å². The molecule has 5 heteroatoms. The first-order valence-electron chi connectivity index (χ1n) is 12.1. The van der Waals surface area contributed by atoms with Gasteiger partial charge in [0.25, 0.3) is 0 Å². The predicted molar refractivity (Wildman–Crippen MR) is 118 cm³/mol. The topological polar surface area (TPSA) is 79.2 Å². The van der Waals surface area contributed by atoms with Crippen molar-refractivity contribution in [2.45, 2.75) is 121 Å². The minimum atomic E-state index is -1.05. The second-order valence-electron chi connectivity index (χ2n) is 8.39. The van der Waals surface area contributed by atoms with E-state index in [1.807, 2.05) is 0 Å². The van der Waals surface area contributed by atoms with Crippen LogP contribution in [-0.2, 0) is 9.47 Å². The van der Waals surface area contributed by atoms with Gasteiger partial charge in [-0.15, -0.1) is 0 Å². The van der Waals surface area contributed by atoms with Crippen LogP contribution in [0.2, 0.25) is 0 Å². The monoisotopic (exact) mass is 414 g/mol. The Morgan fingerprint density at radius 1 is 0.897 bits per heavy atom. The zero-order chi connectivity index (χ0) is 21.2. The zero-order valence-corrected chi connectivity index (χ0v) is 18.6. The Balaban J connectivity index is 1.84. The lowest BCUT2D eigenvalue weighted by molar-refractivity contribution is -0.0730. The number of ether oxygens (including phenoxy) is 2. The van der Waals surface area contributed by atoms with Crippen LogP contribution in [0, 0.1) is 0 Å². The van der Waals surface area contributed by atoms with Crippen molar-refractivity contribution in [1.29, 1.82) is 0 Å². The molecule has 0 aromatic carbocycles. The molecule has 5 nitrogen and oxygen atoms in total. The second-order valence-corrected chi connectivity index (χ2v) is 8.39. The van der Waals surface area contributed by atoms with Crippen LogP contribution in [-0.4, -0.2) is 59.6 Å². The quantitative estimate of drug-likeness (QED) is 0.214. The van der Waals surface area contributed by atoms with Crippen LogP contribution in [0.4, 0.5) is 0 Å². The number of rotatable bonds is 19. The molecule has 29 heavy (non-hydrogen) atoms. The van der Waals surface area contributed by atoms with Crippen molar-refractivity contribution in [3.63, 3.8) is 0 Å². The molecule has 0 unspecified atom stereocenters. The summed E-state index contributed by atoms with van der Waals surface area (Å²) in [5, 5.41) is 28.6. The predicted octanol–water partition coefficient (Wildman–Crippen LogP) is 4.52. The fraction of sp³-hybridized carbons (Fsp3) is 0.917. The first kappa shape index (κ1) is 26.6. The molecule has 0 amide bonds. The molecule has 1 aliphatic heterocycles. The molecule has 0 radical (unpaired) electrons. The summed E-state index contributed by atoms with van der Waals surface area (Å²) in [5.41, 5.74) is 0. The second kappa shape index (κ2) is 18.3. The van der Waals surface area contributed by atoms with Gasteiger partial charge >= 0.3 is 0 Å². The van der Waals surface area contributed by atoms with Crippen molar-refractivity contribution in [1.82, 2.24) is 0 Å². The highest BCUT2D eigenvalue weighted by atomic mass is 16.6. The zero-order valence-electron chi connectivity index (χ0n) is 18.6. The van der Waals surface area contributed by atoms with Crippen LogP contribution in [0.3, 0.4) is 0 Å². The van der Waals surface area contributed by atoms with Crippen LogP contribution in [0.25, 0.3) is 0 Å². The molecule has 3 N–H and O–H groups in total. The third-order valence-electron chi connectivity index (χ3n) is 5.72. The number of aliphatic hydroxyl groups is 3. The minimum Gasteiger partial charge on any atom is -0.394 e. The fourth-order valence-corrected chi connectivity index (χ4v) is 3.79. The average molecular weight is 415 g/mol. The number of aliphatic hydroxyl groups excluding tert-OH is 3. The molecule has 0 spiro atoms. The van der Waals surface area contributed by atoms with E-state index in [0.29, 0.717) is 6.61 Å². The molecular formula is C24H46O5. The molecule has 1 rings (SSSR count). The Morgan fingerprint density at radius 3 is 2.03 bits per heavy atom. The van der Waals surface area contributed by atoms with Gasteiger partial charge in [0, 0.05) is 6.61 Å². The summed E-state index contributed by atoms with van der Waals surface area (Å²) in [7, 11) is 0. The van der Waals surface area contributed by atoms with E-state index >= 15 is 0 Å². The Hall–Kier alpha value is -0.460. The largest absolute Gasteiger partial charge is 0.394 e. The standard InChI is InChI=1S/C24H46O5/c1-2-3-4-5-6-7-8-9-10-11-12-13-14-15-16-17-18-28-22-20-29-24(23(22)27)21(26)19-25/h12-13,21-27H,2-11,14-20H2,1H3/b13-12+/t21-,22+,23+,24+/m1/s1. The average Bonchev–Trinajstić information content (AvgIpc) is 3.10. The highest BCUT2D eigenvalue weighted by Crippen LogP contribution is 2.20. The highest BCUT2D eigenvalue weighted by Gasteiger charge is 2.40. The van der Waals surface area contributed by atoms with E-state index in [4.69, 9.17) is 14.6 Å². The van der Waals surface area contributed by atoms with Gasteiger partial charge in [-0.3, -0.25) is 0 Å². The maximum Gasteiger partial charge on any atom is 0.114 e. The Bertz CT molecular complexity index is 387. The normalized spacial score (nSPS) is 23.2. The van der Waals surface area contributed by atoms with Gasteiger partial charge in [-0.1, -0.05) is 76.9 Å². The maximum atomic E-state index is 10.1. The van der Waals surface area contributed by atoms with Gasteiger partial charge in [-0.25, -0.2) is 0 Å². The van der Waals surface area contributed by atoms with E-state index in [2.05, 4.69) is 19.1 Å². The lowest BCUT2D eigenvalue weighted by Gasteiger charge is -2.20. The lowest BCUT2D eigenvalue weighted by atomic mass is 10.1. The number of allylic oxidation sites excluding steroid dienone is 2. The summed E-state index contributed by atoms with van der Waals surface area (Å²) >= 11 is 0. The molecule has 0 bridgehead atoms. The van der Waals surface area contributed by atoms with Gasteiger partial charge < -0.3 is 24.8 Å².